The van der Waals surface area contributed by atoms with Gasteiger partial charge in [-0.2, -0.15) is 5.10 Å². The smallest absolute Gasteiger partial charge is 0.414 e. The largest absolute Gasteiger partial charge is 0.493 e. The van der Waals surface area contributed by atoms with Crippen LogP contribution in [0.2, 0.25) is 0 Å². The van der Waals surface area contributed by atoms with Crippen molar-refractivity contribution in [2.75, 3.05) is 19.7 Å². The summed E-state index contributed by atoms with van der Waals surface area (Å²) in [6, 6.07) is 5.97. The third kappa shape index (κ3) is 8.54. The Bertz CT molecular complexity index is 709. The zero-order valence-electron chi connectivity index (χ0n) is 15.2. The predicted molar refractivity (Wildman–Crippen MR) is 105 cm³/mol. The summed E-state index contributed by atoms with van der Waals surface area (Å²) >= 11 is 3.50. The molecule has 0 amide bonds. The summed E-state index contributed by atoms with van der Waals surface area (Å²) in [6.45, 7) is 6.48. The van der Waals surface area contributed by atoms with Gasteiger partial charge in [0.25, 0.3) is 0 Å². The van der Waals surface area contributed by atoms with Crippen LogP contribution in [0.5, 0.6) is 5.75 Å². The van der Waals surface area contributed by atoms with Crippen LogP contribution in [-0.2, 0) is 9.59 Å². The van der Waals surface area contributed by atoms with Crippen LogP contribution < -0.4 is 15.5 Å². The Morgan fingerprint density at radius 1 is 1.37 bits per heavy atom. The standard InChI is InChI=1S/C15H21BrN4O.C2H2O4/c1-3-4-9-21-14-6-5-12(16)10-13(14)11(2)19-20-15-17-7-8-18-15;3-1(4)2(5)6/h5-6,10H,3-4,7-9H2,1-2H3,(H2,17,18,20);(H,3,4)(H,5,6). The van der Waals surface area contributed by atoms with E-state index in [0.29, 0.717) is 0 Å². The van der Waals surface area contributed by atoms with Gasteiger partial charge in [-0.1, -0.05) is 29.3 Å². The lowest BCUT2D eigenvalue weighted by atomic mass is 10.1. The Labute approximate surface area is 165 Å². The summed E-state index contributed by atoms with van der Waals surface area (Å²) in [5.41, 5.74) is 4.79. The summed E-state index contributed by atoms with van der Waals surface area (Å²) in [6.07, 6.45) is 2.16. The van der Waals surface area contributed by atoms with Crippen LogP contribution in [0.4, 0.5) is 0 Å². The maximum atomic E-state index is 9.10. The van der Waals surface area contributed by atoms with E-state index < -0.39 is 11.9 Å². The second kappa shape index (κ2) is 11.9. The lowest BCUT2D eigenvalue weighted by molar-refractivity contribution is -0.159. The SMILES string of the molecule is CCCCOc1ccc(Br)cc1C(C)=NNC1=NCCN1.O=C(O)C(=O)O. The molecule has 1 aromatic carbocycles. The quantitative estimate of drug-likeness (QED) is 0.229. The molecule has 1 aromatic rings. The number of nitrogens with one attached hydrogen (secondary N) is 2. The number of rotatable bonds is 6. The number of carbonyl (C=O) groups is 2. The van der Waals surface area contributed by atoms with Gasteiger partial charge < -0.3 is 20.3 Å². The topological polar surface area (TPSA) is 133 Å². The Morgan fingerprint density at radius 3 is 2.63 bits per heavy atom. The third-order valence-corrected chi connectivity index (χ3v) is 3.77. The molecule has 4 N–H and O–H groups in total. The maximum Gasteiger partial charge on any atom is 0.414 e. The number of nitrogens with zero attached hydrogens (tertiary/aromatic N) is 2. The van der Waals surface area contributed by atoms with Gasteiger partial charge in [-0.3, -0.25) is 0 Å². The summed E-state index contributed by atoms with van der Waals surface area (Å²) in [4.78, 5) is 22.4. The fourth-order valence-electron chi connectivity index (χ4n) is 1.91. The first-order valence-electron chi connectivity index (χ1n) is 8.32. The Kier molecular flexibility index (Phi) is 9.88. The third-order valence-electron chi connectivity index (χ3n) is 3.27. The lowest BCUT2D eigenvalue weighted by Crippen LogP contribution is -2.30. The van der Waals surface area contributed by atoms with Gasteiger partial charge in [0.2, 0.25) is 5.96 Å². The molecule has 10 heteroatoms. The number of guanidine groups is 1. The average Bonchev–Trinajstić information content (AvgIpc) is 3.15. The highest BCUT2D eigenvalue weighted by Gasteiger charge is 2.09. The molecule has 0 radical (unpaired) electrons. The molecule has 2 rings (SSSR count). The zero-order chi connectivity index (χ0) is 20.2. The second-order valence-corrected chi connectivity index (χ2v) is 6.33. The molecule has 0 unspecified atom stereocenters. The Balaban J connectivity index is 0.000000527. The molecule has 148 valence electrons. The van der Waals surface area contributed by atoms with Gasteiger partial charge in [0.1, 0.15) is 5.75 Å². The van der Waals surface area contributed by atoms with Crippen LogP contribution in [0.15, 0.2) is 32.8 Å². The van der Waals surface area contributed by atoms with Crippen molar-refractivity contribution in [2.24, 2.45) is 10.1 Å². The average molecular weight is 443 g/mol. The fourth-order valence-corrected chi connectivity index (χ4v) is 2.27. The van der Waals surface area contributed by atoms with E-state index >= 15 is 0 Å². The van der Waals surface area contributed by atoms with Crippen molar-refractivity contribution in [1.82, 2.24) is 10.7 Å². The van der Waals surface area contributed by atoms with Gasteiger partial charge in [-0.25, -0.2) is 20.0 Å². The molecule has 1 aliphatic heterocycles. The van der Waals surface area contributed by atoms with Gasteiger partial charge in [0.05, 0.1) is 18.9 Å². The van der Waals surface area contributed by atoms with E-state index in [9.17, 15) is 0 Å². The minimum absolute atomic E-state index is 0.720. The second-order valence-electron chi connectivity index (χ2n) is 5.42. The number of carboxylic acids is 2. The number of unbranched alkanes of at least 4 members (excludes halogenated alkanes) is 1. The Hall–Kier alpha value is -2.62. The monoisotopic (exact) mass is 442 g/mol. The van der Waals surface area contributed by atoms with Crippen LogP contribution in [-0.4, -0.2) is 53.5 Å². The van der Waals surface area contributed by atoms with Crippen molar-refractivity contribution in [3.63, 3.8) is 0 Å². The number of ether oxygens (including phenoxy) is 1. The number of aliphatic imine (C=N–C) groups is 1. The van der Waals surface area contributed by atoms with E-state index in [1.165, 1.54) is 0 Å². The van der Waals surface area contributed by atoms with Crippen LogP contribution in [0.1, 0.15) is 32.3 Å². The normalized spacial score (nSPS) is 13.0. The molecule has 0 saturated carbocycles. The highest BCUT2D eigenvalue weighted by molar-refractivity contribution is 9.10. The first kappa shape index (κ1) is 22.4. The molecule has 1 heterocycles. The molecular formula is C17H23BrN4O5. The number of hydrazone groups is 1. The van der Waals surface area contributed by atoms with E-state index in [4.69, 9.17) is 24.5 Å². The van der Waals surface area contributed by atoms with E-state index in [0.717, 1.165) is 60.0 Å². The molecule has 9 nitrogen and oxygen atoms in total. The number of halogens is 1. The van der Waals surface area contributed by atoms with Gasteiger partial charge in [0, 0.05) is 16.6 Å². The molecule has 0 spiro atoms. The van der Waals surface area contributed by atoms with E-state index in [2.05, 4.69) is 43.7 Å². The minimum Gasteiger partial charge on any atom is -0.493 e. The maximum absolute atomic E-state index is 9.10. The number of hydrogen-bond donors (Lipinski definition) is 4. The van der Waals surface area contributed by atoms with E-state index in [1.807, 2.05) is 25.1 Å². The van der Waals surface area contributed by atoms with E-state index in [-0.39, 0.29) is 0 Å². The number of benzene rings is 1. The molecule has 0 saturated heterocycles. The van der Waals surface area contributed by atoms with Gasteiger partial charge >= 0.3 is 11.9 Å². The number of aliphatic carboxylic acids is 2. The highest BCUT2D eigenvalue weighted by atomic mass is 79.9. The van der Waals surface area contributed by atoms with Gasteiger partial charge in [0.15, 0.2) is 0 Å². The first-order chi connectivity index (χ1) is 12.8. The van der Waals surface area contributed by atoms with Crippen LogP contribution in [0.3, 0.4) is 0 Å². The molecule has 1 aliphatic rings. The molecular weight excluding hydrogens is 420 g/mol. The highest BCUT2D eigenvalue weighted by Crippen LogP contribution is 2.24. The zero-order valence-corrected chi connectivity index (χ0v) is 16.7. The lowest BCUT2D eigenvalue weighted by Gasteiger charge is -2.12. The van der Waals surface area contributed by atoms with Gasteiger partial charge in [-0.05, 0) is 31.5 Å². The Morgan fingerprint density at radius 2 is 2.07 bits per heavy atom. The predicted octanol–water partition coefficient (Wildman–Crippen LogP) is 2.06. The van der Waals surface area contributed by atoms with Crippen LogP contribution in [0.25, 0.3) is 0 Å². The molecule has 0 atom stereocenters. The first-order valence-corrected chi connectivity index (χ1v) is 9.12. The van der Waals surface area contributed by atoms with Crippen molar-refractivity contribution >= 4 is 39.5 Å². The summed E-state index contributed by atoms with van der Waals surface area (Å²) in [5, 5.41) is 22.3. The number of carboxylic acid groups (broad SMARTS) is 2. The van der Waals surface area contributed by atoms with Gasteiger partial charge in [-0.15, -0.1) is 0 Å². The summed E-state index contributed by atoms with van der Waals surface area (Å²) < 4.78 is 6.86. The number of hydrogen-bond acceptors (Lipinski definition) is 7. The van der Waals surface area contributed by atoms with Crippen molar-refractivity contribution in [3.8, 4) is 5.75 Å². The van der Waals surface area contributed by atoms with Crippen LogP contribution >= 0.6 is 15.9 Å². The van der Waals surface area contributed by atoms with Crippen molar-refractivity contribution in [1.29, 1.82) is 0 Å². The minimum atomic E-state index is -1.82. The molecule has 0 bridgehead atoms. The van der Waals surface area contributed by atoms with Crippen LogP contribution in [0, 0.1) is 0 Å². The van der Waals surface area contributed by atoms with E-state index in [1.54, 1.807) is 0 Å². The van der Waals surface area contributed by atoms with Crippen molar-refractivity contribution in [2.45, 2.75) is 26.7 Å². The molecule has 0 fully saturated rings. The molecule has 0 aliphatic carbocycles. The van der Waals surface area contributed by atoms with Crippen molar-refractivity contribution < 1.29 is 24.5 Å². The van der Waals surface area contributed by atoms with Crippen molar-refractivity contribution in [3.05, 3.63) is 28.2 Å². The summed E-state index contributed by atoms with van der Waals surface area (Å²) in [5.74, 6) is -2.07. The molecule has 27 heavy (non-hydrogen) atoms. The fraction of sp³-hybridized carbons (Fsp3) is 0.412. The molecule has 0 aromatic heterocycles. The summed E-state index contributed by atoms with van der Waals surface area (Å²) in [7, 11) is 0.